The fourth-order valence-electron chi connectivity index (χ4n) is 2.36. The van der Waals surface area contributed by atoms with Crippen LogP contribution in [0.25, 0.3) is 0 Å². The van der Waals surface area contributed by atoms with Crippen molar-refractivity contribution in [3.63, 3.8) is 0 Å². The third kappa shape index (κ3) is 0.981. The lowest BCUT2D eigenvalue weighted by Crippen LogP contribution is -2.44. The normalized spacial score (nSPS) is 39.8. The third-order valence-electron chi connectivity index (χ3n) is 3.00. The number of hydrogen-bond donors (Lipinski definition) is 1. The molecule has 3 aliphatic carbocycles. The molecule has 0 radical (unpaired) electrons. The number of allylic oxidation sites excluding steroid dienone is 3. The van der Waals surface area contributed by atoms with Gasteiger partial charge in [0.2, 0.25) is 5.91 Å². The van der Waals surface area contributed by atoms with Gasteiger partial charge in [0, 0.05) is 18.3 Å². The molecule has 0 unspecified atom stereocenters. The second-order valence-electron chi connectivity index (χ2n) is 3.88. The van der Waals surface area contributed by atoms with Gasteiger partial charge in [-0.3, -0.25) is 4.79 Å². The fraction of sp³-hybridized carbons (Fsp3) is 0.364. The summed E-state index contributed by atoms with van der Waals surface area (Å²) in [7, 11) is 0. The van der Waals surface area contributed by atoms with Gasteiger partial charge in [-0.2, -0.15) is 0 Å². The molecule has 4 rings (SSSR count). The van der Waals surface area contributed by atoms with Crippen molar-refractivity contribution < 1.29 is 4.79 Å². The van der Waals surface area contributed by atoms with E-state index in [1.807, 2.05) is 0 Å². The van der Waals surface area contributed by atoms with Gasteiger partial charge in [-0.15, -0.1) is 0 Å². The summed E-state index contributed by atoms with van der Waals surface area (Å²) in [6.07, 6.45) is 11.5. The van der Waals surface area contributed by atoms with Crippen LogP contribution in [0.1, 0.15) is 6.42 Å². The Morgan fingerprint density at radius 1 is 1.23 bits per heavy atom. The van der Waals surface area contributed by atoms with Crippen LogP contribution in [0.2, 0.25) is 0 Å². The van der Waals surface area contributed by atoms with E-state index in [-0.39, 0.29) is 11.9 Å². The van der Waals surface area contributed by atoms with Crippen LogP contribution in [-0.2, 0) is 4.79 Å². The van der Waals surface area contributed by atoms with E-state index in [9.17, 15) is 4.79 Å². The lowest BCUT2D eigenvalue weighted by molar-refractivity contribution is -0.122. The van der Waals surface area contributed by atoms with Crippen molar-refractivity contribution >= 4 is 5.91 Å². The number of amides is 1. The molecule has 0 aromatic carbocycles. The van der Waals surface area contributed by atoms with Gasteiger partial charge < -0.3 is 5.32 Å². The van der Waals surface area contributed by atoms with Crippen molar-refractivity contribution in [1.29, 1.82) is 0 Å². The molecule has 0 aromatic rings. The van der Waals surface area contributed by atoms with Gasteiger partial charge in [0.05, 0.1) is 6.04 Å². The minimum absolute atomic E-state index is 0.160. The summed E-state index contributed by atoms with van der Waals surface area (Å²) in [5, 5.41) is 3.00. The molecule has 1 aliphatic heterocycles. The molecule has 4 aliphatic rings. The van der Waals surface area contributed by atoms with Crippen molar-refractivity contribution in [1.82, 2.24) is 5.32 Å². The molecule has 1 fully saturated rings. The molecule has 0 saturated carbocycles. The zero-order valence-electron chi connectivity index (χ0n) is 7.23. The topological polar surface area (TPSA) is 29.1 Å². The van der Waals surface area contributed by atoms with Crippen molar-refractivity contribution in [2.45, 2.75) is 12.5 Å². The van der Waals surface area contributed by atoms with Gasteiger partial charge in [0.25, 0.3) is 0 Å². The minimum atomic E-state index is 0.160. The Morgan fingerprint density at radius 2 is 2.08 bits per heavy atom. The molecule has 0 aromatic heterocycles. The Bertz CT molecular complexity index is 351. The smallest absolute Gasteiger partial charge is 0.224 e. The summed E-state index contributed by atoms with van der Waals surface area (Å²) in [6.45, 7) is 0. The highest BCUT2D eigenvalue weighted by Gasteiger charge is 2.33. The number of piperidine rings is 1. The predicted molar refractivity (Wildman–Crippen MR) is 49.9 cm³/mol. The zero-order chi connectivity index (χ0) is 8.84. The van der Waals surface area contributed by atoms with E-state index in [0.29, 0.717) is 18.3 Å². The first-order chi connectivity index (χ1) is 6.33. The van der Waals surface area contributed by atoms with Gasteiger partial charge in [-0.25, -0.2) is 0 Å². The SMILES string of the molecule is O=C1CC2=C[C@@H]3C=C[C@@H](N1)[C@H]2C=C3. The predicted octanol–water partition coefficient (Wildman–Crippen LogP) is 1.17. The van der Waals surface area contributed by atoms with E-state index in [1.165, 1.54) is 5.57 Å². The largest absolute Gasteiger partial charge is 0.349 e. The average molecular weight is 173 g/mol. The van der Waals surface area contributed by atoms with Crippen molar-refractivity contribution in [3.05, 3.63) is 36.0 Å². The van der Waals surface area contributed by atoms with Gasteiger partial charge in [-0.05, 0) is 0 Å². The maximum absolute atomic E-state index is 11.3. The summed E-state index contributed by atoms with van der Waals surface area (Å²) in [5.41, 5.74) is 1.30. The van der Waals surface area contributed by atoms with Crippen molar-refractivity contribution in [2.75, 3.05) is 0 Å². The lowest BCUT2D eigenvalue weighted by Gasteiger charge is -2.31. The summed E-state index contributed by atoms with van der Waals surface area (Å²) < 4.78 is 0. The number of carbonyl (C=O) groups is 1. The van der Waals surface area contributed by atoms with Gasteiger partial charge >= 0.3 is 0 Å². The Labute approximate surface area is 77.0 Å². The highest BCUT2D eigenvalue weighted by Crippen LogP contribution is 2.34. The van der Waals surface area contributed by atoms with E-state index >= 15 is 0 Å². The molecule has 2 heteroatoms. The van der Waals surface area contributed by atoms with E-state index in [1.54, 1.807) is 0 Å². The highest BCUT2D eigenvalue weighted by atomic mass is 16.1. The lowest BCUT2D eigenvalue weighted by atomic mass is 9.82. The van der Waals surface area contributed by atoms with Gasteiger partial charge in [0.1, 0.15) is 0 Å². The van der Waals surface area contributed by atoms with E-state index in [2.05, 4.69) is 35.7 Å². The Hall–Kier alpha value is -1.31. The maximum atomic E-state index is 11.3. The first-order valence-electron chi connectivity index (χ1n) is 4.69. The Balaban J connectivity index is 2.09. The highest BCUT2D eigenvalue weighted by molar-refractivity contribution is 5.81. The number of nitrogens with one attached hydrogen (secondary N) is 1. The maximum Gasteiger partial charge on any atom is 0.224 e. The Morgan fingerprint density at radius 3 is 3.00 bits per heavy atom. The van der Waals surface area contributed by atoms with E-state index in [0.717, 1.165) is 0 Å². The second kappa shape index (κ2) is 2.34. The van der Waals surface area contributed by atoms with E-state index < -0.39 is 0 Å². The molecule has 1 amide bonds. The van der Waals surface area contributed by atoms with Crippen molar-refractivity contribution in [3.8, 4) is 0 Å². The first kappa shape index (κ1) is 7.13. The van der Waals surface area contributed by atoms with Crippen LogP contribution >= 0.6 is 0 Å². The van der Waals surface area contributed by atoms with Crippen LogP contribution in [0.15, 0.2) is 36.0 Å². The van der Waals surface area contributed by atoms with Crippen LogP contribution in [0.4, 0.5) is 0 Å². The number of rotatable bonds is 0. The Kier molecular flexibility index (Phi) is 1.29. The van der Waals surface area contributed by atoms with E-state index in [4.69, 9.17) is 0 Å². The number of carbonyl (C=O) groups excluding carboxylic acids is 1. The standard InChI is InChI=1S/C11H11NO/c13-11-6-8-5-7-1-3-9(8)10(12-11)4-2-7/h1-5,7,9-10H,6H2,(H,12,13)/t7-,9-,10+/m0/s1. The summed E-state index contributed by atoms with van der Waals surface area (Å²) >= 11 is 0. The zero-order valence-corrected chi connectivity index (χ0v) is 7.23. The average Bonchev–Trinajstić information content (AvgIpc) is 2.35. The molecule has 1 N–H and O–H groups in total. The quantitative estimate of drug-likeness (QED) is 0.547. The van der Waals surface area contributed by atoms with Crippen LogP contribution in [0, 0.1) is 11.8 Å². The molecule has 2 nitrogen and oxygen atoms in total. The molecule has 3 atom stereocenters. The molecular formula is C11H11NO. The monoisotopic (exact) mass is 173 g/mol. The van der Waals surface area contributed by atoms with Crippen molar-refractivity contribution in [2.24, 2.45) is 11.8 Å². The summed E-state index contributed by atoms with van der Waals surface area (Å²) in [4.78, 5) is 11.3. The molecular weight excluding hydrogens is 162 g/mol. The van der Waals surface area contributed by atoms with Crippen LogP contribution in [0.3, 0.4) is 0 Å². The van der Waals surface area contributed by atoms with Gasteiger partial charge in [-0.1, -0.05) is 36.0 Å². The number of hydrogen-bond acceptors (Lipinski definition) is 1. The van der Waals surface area contributed by atoms with Gasteiger partial charge in [0.15, 0.2) is 0 Å². The van der Waals surface area contributed by atoms with Crippen LogP contribution in [-0.4, -0.2) is 11.9 Å². The minimum Gasteiger partial charge on any atom is -0.349 e. The summed E-state index contributed by atoms with van der Waals surface area (Å²) in [5.74, 6) is 1.00. The molecule has 1 heterocycles. The third-order valence-corrected chi connectivity index (χ3v) is 3.00. The second-order valence-corrected chi connectivity index (χ2v) is 3.88. The van der Waals surface area contributed by atoms with Crippen LogP contribution < -0.4 is 5.32 Å². The fourth-order valence-corrected chi connectivity index (χ4v) is 2.36. The molecule has 66 valence electrons. The van der Waals surface area contributed by atoms with Crippen LogP contribution in [0.5, 0.6) is 0 Å². The molecule has 1 saturated heterocycles. The first-order valence-corrected chi connectivity index (χ1v) is 4.69. The molecule has 4 bridgehead atoms. The summed E-state index contributed by atoms with van der Waals surface area (Å²) in [6, 6.07) is 0.205. The molecule has 13 heavy (non-hydrogen) atoms. The molecule has 0 spiro atoms.